The van der Waals surface area contributed by atoms with Crippen molar-refractivity contribution in [2.75, 3.05) is 12.4 Å². The van der Waals surface area contributed by atoms with E-state index in [0.717, 1.165) is 5.69 Å². The van der Waals surface area contributed by atoms with E-state index >= 15 is 0 Å². The molecule has 0 spiro atoms. The Balaban J connectivity index is 2.84. The van der Waals surface area contributed by atoms with Gasteiger partial charge in [0.05, 0.1) is 0 Å². The molecule has 1 unspecified atom stereocenters. The molecule has 0 aromatic heterocycles. The first-order valence-electron chi connectivity index (χ1n) is 5.87. The molecule has 0 aliphatic heterocycles. The van der Waals surface area contributed by atoms with Crippen molar-refractivity contribution in [3.63, 3.8) is 0 Å². The Bertz CT molecular complexity index is 409. The van der Waals surface area contributed by atoms with Gasteiger partial charge in [-0.3, -0.25) is 4.79 Å². The summed E-state index contributed by atoms with van der Waals surface area (Å²) in [7, 11) is 1.56. The molecule has 1 aromatic carbocycles. The molecule has 94 valence electrons. The number of nitrogens with one attached hydrogen (secondary N) is 1. The fourth-order valence-electron chi connectivity index (χ4n) is 1.48. The summed E-state index contributed by atoms with van der Waals surface area (Å²) in [5, 5.41) is 2.89. The van der Waals surface area contributed by atoms with Gasteiger partial charge in [0.2, 0.25) is 0 Å². The fraction of sp³-hybridized carbons (Fsp3) is 0.500. The lowest BCUT2D eigenvalue weighted by Gasteiger charge is -2.25. The van der Waals surface area contributed by atoms with Crippen LogP contribution in [0.15, 0.2) is 18.2 Å². The van der Waals surface area contributed by atoms with Crippen LogP contribution in [0.25, 0.3) is 0 Å². The number of aryl methyl sites for hydroxylation is 2. The molecule has 1 amide bonds. The molecule has 3 heteroatoms. The van der Waals surface area contributed by atoms with E-state index in [9.17, 15) is 4.79 Å². The topological polar surface area (TPSA) is 38.3 Å². The van der Waals surface area contributed by atoms with Crippen molar-refractivity contribution >= 4 is 11.6 Å². The van der Waals surface area contributed by atoms with Crippen molar-refractivity contribution in [1.29, 1.82) is 0 Å². The summed E-state index contributed by atoms with van der Waals surface area (Å²) < 4.78 is 5.26. The van der Waals surface area contributed by atoms with Crippen LogP contribution in [0.5, 0.6) is 0 Å². The highest BCUT2D eigenvalue weighted by Gasteiger charge is 2.30. The van der Waals surface area contributed by atoms with Gasteiger partial charge in [0.25, 0.3) is 5.91 Å². The lowest BCUT2D eigenvalue weighted by atomic mass is 10.0. The molecule has 0 saturated carbocycles. The lowest BCUT2D eigenvalue weighted by molar-refractivity contribution is -0.136. The molecular formula is C14H21NO2. The molecule has 0 aliphatic rings. The summed E-state index contributed by atoms with van der Waals surface area (Å²) in [6.07, 6.45) is 0.639. The minimum atomic E-state index is -0.765. The van der Waals surface area contributed by atoms with E-state index in [4.69, 9.17) is 4.74 Å². The third-order valence-corrected chi connectivity index (χ3v) is 3.37. The van der Waals surface area contributed by atoms with Gasteiger partial charge in [0.15, 0.2) is 0 Å². The zero-order chi connectivity index (χ0) is 13.1. The van der Waals surface area contributed by atoms with E-state index in [1.54, 1.807) is 14.0 Å². The minimum Gasteiger partial charge on any atom is -0.369 e. The van der Waals surface area contributed by atoms with Crippen molar-refractivity contribution in [1.82, 2.24) is 0 Å². The number of methoxy groups -OCH3 is 1. The second-order valence-corrected chi connectivity index (χ2v) is 4.54. The monoisotopic (exact) mass is 235 g/mol. The average molecular weight is 235 g/mol. The maximum atomic E-state index is 12.1. The summed E-state index contributed by atoms with van der Waals surface area (Å²) in [4.78, 5) is 12.1. The van der Waals surface area contributed by atoms with Gasteiger partial charge in [-0.25, -0.2) is 0 Å². The molecule has 3 nitrogen and oxygen atoms in total. The van der Waals surface area contributed by atoms with E-state index in [1.165, 1.54) is 11.1 Å². The summed E-state index contributed by atoms with van der Waals surface area (Å²) in [6, 6.07) is 5.88. The summed E-state index contributed by atoms with van der Waals surface area (Å²) >= 11 is 0. The Morgan fingerprint density at radius 1 is 1.35 bits per heavy atom. The van der Waals surface area contributed by atoms with Crippen LogP contribution >= 0.6 is 0 Å². The van der Waals surface area contributed by atoms with Gasteiger partial charge in [0, 0.05) is 12.8 Å². The van der Waals surface area contributed by atoms with Crippen molar-refractivity contribution in [3.05, 3.63) is 29.3 Å². The van der Waals surface area contributed by atoms with E-state index in [1.807, 2.05) is 39.0 Å². The Labute approximate surface area is 103 Å². The van der Waals surface area contributed by atoms with Gasteiger partial charge in [-0.05, 0) is 50.5 Å². The number of carbonyl (C=O) groups is 1. The van der Waals surface area contributed by atoms with E-state index in [0.29, 0.717) is 6.42 Å². The van der Waals surface area contributed by atoms with Crippen LogP contribution in [-0.2, 0) is 9.53 Å². The summed E-state index contributed by atoms with van der Waals surface area (Å²) in [6.45, 7) is 7.80. The SMILES string of the molecule is CCC(C)(OC)C(=O)Nc1ccc(C)c(C)c1. The van der Waals surface area contributed by atoms with Crippen molar-refractivity contribution in [2.45, 2.75) is 39.7 Å². The van der Waals surface area contributed by atoms with Crippen molar-refractivity contribution in [2.24, 2.45) is 0 Å². The molecule has 1 atom stereocenters. The highest BCUT2D eigenvalue weighted by Crippen LogP contribution is 2.19. The normalized spacial score (nSPS) is 14.2. The summed E-state index contributed by atoms with van der Waals surface area (Å²) in [5.74, 6) is -0.106. The van der Waals surface area contributed by atoms with Crippen LogP contribution in [0, 0.1) is 13.8 Å². The van der Waals surface area contributed by atoms with Crippen LogP contribution in [-0.4, -0.2) is 18.6 Å². The third kappa shape index (κ3) is 3.07. The minimum absolute atomic E-state index is 0.106. The molecule has 0 fully saturated rings. The maximum absolute atomic E-state index is 12.1. The first-order chi connectivity index (χ1) is 7.92. The standard InChI is InChI=1S/C14H21NO2/c1-6-14(4,17-5)13(16)15-12-8-7-10(2)11(3)9-12/h7-9H,6H2,1-5H3,(H,15,16). The van der Waals surface area contributed by atoms with Gasteiger partial charge in [-0.15, -0.1) is 0 Å². The predicted molar refractivity (Wildman–Crippen MR) is 70.3 cm³/mol. The Morgan fingerprint density at radius 2 is 2.00 bits per heavy atom. The number of carbonyl (C=O) groups excluding carboxylic acids is 1. The number of benzene rings is 1. The highest BCUT2D eigenvalue weighted by molar-refractivity contribution is 5.97. The summed E-state index contributed by atoms with van der Waals surface area (Å²) in [5.41, 5.74) is 2.43. The van der Waals surface area contributed by atoms with Gasteiger partial charge in [0.1, 0.15) is 5.60 Å². The van der Waals surface area contributed by atoms with Gasteiger partial charge in [-0.1, -0.05) is 13.0 Å². The fourth-order valence-corrected chi connectivity index (χ4v) is 1.48. The molecule has 0 radical (unpaired) electrons. The average Bonchev–Trinajstić information content (AvgIpc) is 2.32. The van der Waals surface area contributed by atoms with E-state index in [2.05, 4.69) is 5.32 Å². The lowest BCUT2D eigenvalue weighted by Crippen LogP contribution is -2.41. The van der Waals surface area contributed by atoms with Crippen LogP contribution < -0.4 is 5.32 Å². The number of hydrogen-bond donors (Lipinski definition) is 1. The quantitative estimate of drug-likeness (QED) is 0.871. The molecular weight excluding hydrogens is 214 g/mol. The first kappa shape index (κ1) is 13.7. The Kier molecular flexibility index (Phi) is 4.29. The molecule has 1 aromatic rings. The van der Waals surface area contributed by atoms with Gasteiger partial charge < -0.3 is 10.1 Å². The van der Waals surface area contributed by atoms with Crippen molar-refractivity contribution in [3.8, 4) is 0 Å². The van der Waals surface area contributed by atoms with Crippen LogP contribution in [0.3, 0.4) is 0 Å². The molecule has 0 heterocycles. The second kappa shape index (κ2) is 5.32. The number of amides is 1. The number of hydrogen-bond acceptors (Lipinski definition) is 2. The first-order valence-corrected chi connectivity index (χ1v) is 5.87. The van der Waals surface area contributed by atoms with Crippen LogP contribution in [0.4, 0.5) is 5.69 Å². The second-order valence-electron chi connectivity index (χ2n) is 4.54. The van der Waals surface area contributed by atoms with Crippen LogP contribution in [0.2, 0.25) is 0 Å². The molecule has 0 saturated heterocycles. The van der Waals surface area contributed by atoms with E-state index < -0.39 is 5.60 Å². The largest absolute Gasteiger partial charge is 0.369 e. The Morgan fingerprint density at radius 3 is 2.47 bits per heavy atom. The molecule has 0 aliphatic carbocycles. The number of rotatable bonds is 4. The number of anilines is 1. The van der Waals surface area contributed by atoms with E-state index in [-0.39, 0.29) is 5.91 Å². The smallest absolute Gasteiger partial charge is 0.256 e. The molecule has 1 N–H and O–H groups in total. The molecule has 1 rings (SSSR count). The maximum Gasteiger partial charge on any atom is 0.256 e. The zero-order valence-electron chi connectivity index (χ0n) is 11.3. The third-order valence-electron chi connectivity index (χ3n) is 3.37. The van der Waals surface area contributed by atoms with Gasteiger partial charge >= 0.3 is 0 Å². The molecule has 17 heavy (non-hydrogen) atoms. The van der Waals surface area contributed by atoms with Crippen LogP contribution in [0.1, 0.15) is 31.4 Å². The molecule has 0 bridgehead atoms. The highest BCUT2D eigenvalue weighted by atomic mass is 16.5. The van der Waals surface area contributed by atoms with Crippen molar-refractivity contribution < 1.29 is 9.53 Å². The van der Waals surface area contributed by atoms with Gasteiger partial charge in [-0.2, -0.15) is 0 Å². The predicted octanol–water partition coefficient (Wildman–Crippen LogP) is 3.06. The zero-order valence-corrected chi connectivity index (χ0v) is 11.3. The number of ether oxygens (including phenoxy) is 1. The Hall–Kier alpha value is -1.35.